The third-order valence-corrected chi connectivity index (χ3v) is 1.90. The van der Waals surface area contributed by atoms with E-state index in [0.29, 0.717) is 0 Å². The molecule has 0 aliphatic carbocycles. The van der Waals surface area contributed by atoms with Crippen LogP contribution < -0.4 is 0 Å². The molecule has 0 aliphatic rings. The quantitative estimate of drug-likeness (QED) is 0.593. The summed E-state index contributed by atoms with van der Waals surface area (Å²) in [6.07, 6.45) is 2.59. The third kappa shape index (κ3) is 3.73. The van der Waals surface area contributed by atoms with Gasteiger partial charge in [-0.05, 0) is 19.8 Å². The highest BCUT2D eigenvalue weighted by Crippen LogP contribution is 2.10. The van der Waals surface area contributed by atoms with Crippen molar-refractivity contribution in [1.29, 1.82) is 0 Å². The maximum atomic E-state index is 5.51. The monoisotopic (exact) mass is 160 g/mol. The van der Waals surface area contributed by atoms with E-state index in [4.69, 9.17) is 9.47 Å². The van der Waals surface area contributed by atoms with Crippen molar-refractivity contribution in [2.45, 2.75) is 45.8 Å². The Bertz CT molecular complexity index is 79.6. The Morgan fingerprint density at radius 3 is 1.82 bits per heavy atom. The lowest BCUT2D eigenvalue weighted by Gasteiger charge is -2.23. The van der Waals surface area contributed by atoms with Gasteiger partial charge >= 0.3 is 0 Å². The Labute approximate surface area is 69.9 Å². The van der Waals surface area contributed by atoms with Gasteiger partial charge in [0, 0.05) is 13.7 Å². The topological polar surface area (TPSA) is 18.5 Å². The molecule has 0 aliphatic heterocycles. The fourth-order valence-corrected chi connectivity index (χ4v) is 1.28. The number of hydrogen-bond donors (Lipinski definition) is 0. The fraction of sp³-hybridized carbons (Fsp3) is 1.00. The van der Waals surface area contributed by atoms with Crippen molar-refractivity contribution in [3.05, 3.63) is 0 Å². The first-order valence-corrected chi connectivity index (χ1v) is 4.44. The van der Waals surface area contributed by atoms with E-state index >= 15 is 0 Å². The van der Waals surface area contributed by atoms with Gasteiger partial charge in [-0.1, -0.05) is 13.8 Å². The van der Waals surface area contributed by atoms with Gasteiger partial charge in [-0.15, -0.1) is 0 Å². The predicted octanol–water partition coefficient (Wildman–Crippen LogP) is 2.23. The number of rotatable bonds is 6. The Hall–Kier alpha value is -0.0800. The number of ether oxygens (including phenoxy) is 2. The van der Waals surface area contributed by atoms with Crippen LogP contribution in [0.15, 0.2) is 0 Å². The predicted molar refractivity (Wildman–Crippen MR) is 46.8 cm³/mol. The van der Waals surface area contributed by atoms with Crippen molar-refractivity contribution >= 4 is 0 Å². The van der Waals surface area contributed by atoms with E-state index in [-0.39, 0.29) is 12.2 Å². The second-order valence-electron chi connectivity index (χ2n) is 2.58. The van der Waals surface area contributed by atoms with Crippen LogP contribution in [0.2, 0.25) is 0 Å². The van der Waals surface area contributed by atoms with Crippen LogP contribution in [0.4, 0.5) is 0 Å². The lowest BCUT2D eigenvalue weighted by Crippen LogP contribution is -2.29. The summed E-state index contributed by atoms with van der Waals surface area (Å²) in [5, 5.41) is 0. The normalized spacial score (nSPS) is 16.4. The van der Waals surface area contributed by atoms with Gasteiger partial charge in [0.1, 0.15) is 0 Å². The molecule has 11 heavy (non-hydrogen) atoms. The zero-order valence-corrected chi connectivity index (χ0v) is 8.09. The van der Waals surface area contributed by atoms with E-state index in [1.807, 2.05) is 6.92 Å². The molecule has 0 aromatic heterocycles. The van der Waals surface area contributed by atoms with Gasteiger partial charge in [0.2, 0.25) is 0 Å². The first-order valence-electron chi connectivity index (χ1n) is 4.44. The lowest BCUT2D eigenvalue weighted by atomic mass is 10.1. The van der Waals surface area contributed by atoms with Gasteiger partial charge < -0.3 is 9.47 Å². The second-order valence-corrected chi connectivity index (χ2v) is 2.58. The van der Waals surface area contributed by atoms with Crippen molar-refractivity contribution in [2.75, 3.05) is 13.7 Å². The summed E-state index contributed by atoms with van der Waals surface area (Å²) in [6, 6.07) is 0. The first-order chi connectivity index (χ1) is 5.29. The SMILES string of the molecule is CCOC(CC)C(CC)OC. The molecule has 0 radical (unpaired) electrons. The van der Waals surface area contributed by atoms with Crippen LogP contribution in [0.1, 0.15) is 33.6 Å². The van der Waals surface area contributed by atoms with E-state index in [1.54, 1.807) is 7.11 Å². The molecule has 0 bridgehead atoms. The molecule has 0 amide bonds. The van der Waals surface area contributed by atoms with Crippen molar-refractivity contribution in [3.63, 3.8) is 0 Å². The third-order valence-electron chi connectivity index (χ3n) is 1.90. The Kier molecular flexibility index (Phi) is 6.57. The summed E-state index contributed by atoms with van der Waals surface area (Å²) in [7, 11) is 1.75. The van der Waals surface area contributed by atoms with Gasteiger partial charge in [0.25, 0.3) is 0 Å². The van der Waals surface area contributed by atoms with Gasteiger partial charge in [-0.3, -0.25) is 0 Å². The molecule has 0 aromatic carbocycles. The summed E-state index contributed by atoms with van der Waals surface area (Å²) >= 11 is 0. The molecule has 2 atom stereocenters. The Morgan fingerprint density at radius 1 is 1.00 bits per heavy atom. The minimum atomic E-state index is 0.264. The Morgan fingerprint density at radius 2 is 1.55 bits per heavy atom. The highest BCUT2D eigenvalue weighted by Gasteiger charge is 2.16. The van der Waals surface area contributed by atoms with Crippen LogP contribution in [0, 0.1) is 0 Å². The van der Waals surface area contributed by atoms with Crippen LogP contribution in [0.3, 0.4) is 0 Å². The smallest absolute Gasteiger partial charge is 0.0833 e. The van der Waals surface area contributed by atoms with Crippen molar-refractivity contribution in [3.8, 4) is 0 Å². The van der Waals surface area contributed by atoms with Gasteiger partial charge in [-0.25, -0.2) is 0 Å². The van der Waals surface area contributed by atoms with E-state index in [9.17, 15) is 0 Å². The van der Waals surface area contributed by atoms with E-state index < -0.39 is 0 Å². The van der Waals surface area contributed by atoms with E-state index in [0.717, 1.165) is 19.4 Å². The average molecular weight is 160 g/mol. The highest BCUT2D eigenvalue weighted by atomic mass is 16.5. The fourth-order valence-electron chi connectivity index (χ4n) is 1.28. The van der Waals surface area contributed by atoms with E-state index in [2.05, 4.69) is 13.8 Å². The van der Waals surface area contributed by atoms with Crippen molar-refractivity contribution in [1.82, 2.24) is 0 Å². The van der Waals surface area contributed by atoms with Crippen molar-refractivity contribution < 1.29 is 9.47 Å². The molecule has 2 heteroatoms. The zero-order chi connectivity index (χ0) is 8.69. The number of hydrogen-bond acceptors (Lipinski definition) is 2. The Balaban J connectivity index is 3.76. The highest BCUT2D eigenvalue weighted by molar-refractivity contribution is 4.66. The largest absolute Gasteiger partial charge is 0.379 e. The minimum Gasteiger partial charge on any atom is -0.379 e. The molecular formula is C9H20O2. The summed E-state index contributed by atoms with van der Waals surface area (Å²) in [6.45, 7) is 7.04. The maximum Gasteiger partial charge on any atom is 0.0833 e. The lowest BCUT2D eigenvalue weighted by molar-refractivity contribution is -0.0550. The van der Waals surface area contributed by atoms with Gasteiger partial charge in [-0.2, -0.15) is 0 Å². The molecular weight excluding hydrogens is 140 g/mol. The summed E-state index contributed by atoms with van der Waals surface area (Å²) in [4.78, 5) is 0. The standard InChI is InChI=1S/C9H20O2/c1-5-8(10-4)9(6-2)11-7-3/h8-9H,5-7H2,1-4H3. The zero-order valence-electron chi connectivity index (χ0n) is 8.09. The van der Waals surface area contributed by atoms with Gasteiger partial charge in [0.15, 0.2) is 0 Å². The molecule has 0 aromatic rings. The number of methoxy groups -OCH3 is 1. The minimum absolute atomic E-state index is 0.264. The summed E-state index contributed by atoms with van der Waals surface area (Å²) < 4.78 is 10.8. The molecule has 0 fully saturated rings. The molecule has 0 saturated heterocycles. The molecule has 0 spiro atoms. The summed E-state index contributed by atoms with van der Waals surface area (Å²) in [5.74, 6) is 0. The van der Waals surface area contributed by atoms with Crippen LogP contribution in [0.5, 0.6) is 0 Å². The molecule has 2 nitrogen and oxygen atoms in total. The molecule has 0 rings (SSSR count). The molecule has 0 saturated carbocycles. The second kappa shape index (κ2) is 6.62. The van der Waals surface area contributed by atoms with Crippen LogP contribution in [-0.2, 0) is 9.47 Å². The summed E-state index contributed by atoms with van der Waals surface area (Å²) in [5.41, 5.74) is 0. The molecule has 0 heterocycles. The van der Waals surface area contributed by atoms with E-state index in [1.165, 1.54) is 0 Å². The first kappa shape index (κ1) is 10.9. The molecule has 2 unspecified atom stereocenters. The average Bonchev–Trinajstić information content (AvgIpc) is 2.05. The maximum absolute atomic E-state index is 5.51. The van der Waals surface area contributed by atoms with Crippen molar-refractivity contribution in [2.24, 2.45) is 0 Å². The van der Waals surface area contributed by atoms with Crippen LogP contribution >= 0.6 is 0 Å². The van der Waals surface area contributed by atoms with Crippen LogP contribution in [0.25, 0.3) is 0 Å². The molecule has 0 N–H and O–H groups in total. The van der Waals surface area contributed by atoms with Gasteiger partial charge in [0.05, 0.1) is 12.2 Å². The van der Waals surface area contributed by atoms with Crippen LogP contribution in [-0.4, -0.2) is 25.9 Å². The molecule has 68 valence electrons.